The van der Waals surface area contributed by atoms with Gasteiger partial charge in [-0.15, -0.1) is 20.4 Å². The largest absolute Gasteiger partial charge is 0.586 e. The number of rotatable bonds is 8. The van der Waals surface area contributed by atoms with Crippen LogP contribution in [-0.2, 0) is 10.2 Å². The van der Waals surface area contributed by atoms with E-state index in [1.165, 1.54) is 12.1 Å². The van der Waals surface area contributed by atoms with E-state index in [1.807, 2.05) is 0 Å². The summed E-state index contributed by atoms with van der Waals surface area (Å²) < 4.78 is 35.8. The van der Waals surface area contributed by atoms with E-state index in [1.54, 1.807) is 6.07 Å². The number of fused-ring (bicyclic) bond motifs is 1. The molecule has 0 saturated heterocycles. The number of hydrogen-bond donors (Lipinski definition) is 1. The van der Waals surface area contributed by atoms with Gasteiger partial charge >= 0.3 is 6.29 Å². The Bertz CT molecular complexity index is 869. The van der Waals surface area contributed by atoms with Crippen LogP contribution in [0.3, 0.4) is 0 Å². The molecule has 1 aliphatic heterocycles. The van der Waals surface area contributed by atoms with Gasteiger partial charge in [0.15, 0.2) is 11.5 Å². The van der Waals surface area contributed by atoms with Gasteiger partial charge in [0.25, 0.3) is 0 Å². The highest BCUT2D eigenvalue weighted by molar-refractivity contribution is 6.18. The van der Waals surface area contributed by atoms with Crippen LogP contribution in [0.2, 0.25) is 0 Å². The molecule has 178 valence electrons. The number of carbonyl (C=O) groups excluding carboxylic acids is 1. The van der Waals surface area contributed by atoms with Crippen LogP contribution < -0.4 is 14.8 Å². The zero-order valence-corrected chi connectivity index (χ0v) is 20.0. The van der Waals surface area contributed by atoms with E-state index in [9.17, 15) is 13.6 Å². The zero-order valence-electron chi connectivity index (χ0n) is 19.2. The van der Waals surface area contributed by atoms with Crippen molar-refractivity contribution in [1.29, 1.82) is 0 Å². The van der Waals surface area contributed by atoms with Crippen molar-refractivity contribution in [2.24, 2.45) is 5.41 Å². The SMILES string of the molecule is CCC(N(CCCl)[C@@H]1CCC1NC(=O)C1(c2ccc3c(c2)OC(F)(F)O3)CC1)C(C)(C)C. The predicted molar refractivity (Wildman–Crippen MR) is 119 cm³/mol. The minimum atomic E-state index is -3.66. The summed E-state index contributed by atoms with van der Waals surface area (Å²) in [6, 6.07) is 5.37. The first-order valence-electron chi connectivity index (χ1n) is 11.5. The number of ether oxygens (including phenoxy) is 2. The van der Waals surface area contributed by atoms with Crippen molar-refractivity contribution in [2.75, 3.05) is 12.4 Å². The molecule has 2 saturated carbocycles. The van der Waals surface area contributed by atoms with Gasteiger partial charge in [-0.05, 0) is 55.2 Å². The van der Waals surface area contributed by atoms with Crippen LogP contribution in [0.25, 0.3) is 0 Å². The van der Waals surface area contributed by atoms with Crippen LogP contribution in [0, 0.1) is 5.41 Å². The lowest BCUT2D eigenvalue weighted by Crippen LogP contribution is -2.63. The maximum atomic E-state index is 13.4. The molecule has 2 aliphatic carbocycles. The number of alkyl halides is 3. The Morgan fingerprint density at radius 2 is 1.94 bits per heavy atom. The maximum Gasteiger partial charge on any atom is 0.586 e. The molecule has 1 N–H and O–H groups in total. The number of amides is 1. The van der Waals surface area contributed by atoms with Crippen LogP contribution in [-0.4, -0.2) is 47.7 Å². The Morgan fingerprint density at radius 1 is 1.25 bits per heavy atom. The number of nitrogens with one attached hydrogen (secondary N) is 1. The van der Waals surface area contributed by atoms with Crippen LogP contribution in [0.4, 0.5) is 8.78 Å². The van der Waals surface area contributed by atoms with E-state index < -0.39 is 11.7 Å². The van der Waals surface area contributed by atoms with Crippen LogP contribution in [0.5, 0.6) is 11.5 Å². The van der Waals surface area contributed by atoms with Crippen LogP contribution in [0.1, 0.15) is 65.4 Å². The van der Waals surface area contributed by atoms with Crippen molar-refractivity contribution in [3.63, 3.8) is 0 Å². The standard InChI is InChI=1S/C24H33ClF2N2O3/c1-5-20(22(2,3)4)29(13-12-25)17-8-7-16(17)28-21(30)23(10-11-23)15-6-9-18-19(14-15)32-24(26,27)31-18/h6,9,14,16-17,20H,5,7-8,10-13H2,1-4H3,(H,28,30)/t16?,17-,20?/m1/s1. The molecular formula is C24H33ClF2N2O3. The monoisotopic (exact) mass is 470 g/mol. The van der Waals surface area contributed by atoms with Gasteiger partial charge in [-0.2, -0.15) is 0 Å². The van der Waals surface area contributed by atoms with Gasteiger partial charge in [0.2, 0.25) is 5.91 Å². The Balaban J connectivity index is 1.47. The molecule has 1 heterocycles. The van der Waals surface area contributed by atoms with E-state index in [-0.39, 0.29) is 34.9 Å². The zero-order chi connectivity index (χ0) is 23.3. The molecule has 0 bridgehead atoms. The summed E-state index contributed by atoms with van der Waals surface area (Å²) in [6.45, 7) is 9.73. The maximum absolute atomic E-state index is 13.4. The molecule has 4 rings (SSSR count). The topological polar surface area (TPSA) is 50.8 Å². The molecule has 0 aromatic heterocycles. The summed E-state index contributed by atoms with van der Waals surface area (Å²) in [7, 11) is 0. The number of nitrogens with zero attached hydrogens (tertiary/aromatic N) is 1. The van der Waals surface area contributed by atoms with E-state index in [0.29, 0.717) is 30.3 Å². The Morgan fingerprint density at radius 3 is 2.47 bits per heavy atom. The summed E-state index contributed by atoms with van der Waals surface area (Å²) in [5, 5.41) is 3.28. The van der Waals surface area contributed by atoms with Gasteiger partial charge in [0.05, 0.1) is 5.41 Å². The smallest absolute Gasteiger partial charge is 0.395 e. The normalized spacial score (nSPS) is 25.9. The highest BCUT2D eigenvalue weighted by Gasteiger charge is 2.54. The second-order valence-electron chi connectivity index (χ2n) is 10.4. The molecule has 1 amide bonds. The average molecular weight is 471 g/mol. The summed E-state index contributed by atoms with van der Waals surface area (Å²) in [4.78, 5) is 15.8. The summed E-state index contributed by atoms with van der Waals surface area (Å²) >= 11 is 6.15. The number of carbonyl (C=O) groups is 1. The van der Waals surface area contributed by atoms with E-state index in [0.717, 1.165) is 25.8 Å². The molecule has 3 aliphatic rings. The predicted octanol–water partition coefficient (Wildman–Crippen LogP) is 5.05. The van der Waals surface area contributed by atoms with Gasteiger partial charge in [-0.25, -0.2) is 0 Å². The molecule has 1 aromatic rings. The molecule has 2 unspecified atom stereocenters. The van der Waals surface area contributed by atoms with Crippen molar-refractivity contribution in [3.8, 4) is 11.5 Å². The molecule has 0 spiro atoms. The third-order valence-electron chi connectivity index (χ3n) is 7.25. The Labute approximate surface area is 193 Å². The van der Waals surface area contributed by atoms with E-state index in [4.69, 9.17) is 11.6 Å². The lowest BCUT2D eigenvalue weighted by molar-refractivity contribution is -0.286. The molecule has 2 fully saturated rings. The molecule has 3 atom stereocenters. The van der Waals surface area contributed by atoms with Gasteiger partial charge in [-0.1, -0.05) is 33.8 Å². The highest BCUT2D eigenvalue weighted by Crippen LogP contribution is 2.52. The molecule has 0 radical (unpaired) electrons. The lowest BCUT2D eigenvalue weighted by atomic mass is 9.78. The van der Waals surface area contributed by atoms with Crippen LogP contribution in [0.15, 0.2) is 18.2 Å². The van der Waals surface area contributed by atoms with Gasteiger partial charge < -0.3 is 14.8 Å². The third-order valence-corrected chi connectivity index (χ3v) is 7.42. The first-order chi connectivity index (χ1) is 15.0. The summed E-state index contributed by atoms with van der Waals surface area (Å²) in [5.41, 5.74) is 0.128. The summed E-state index contributed by atoms with van der Waals surface area (Å²) in [6.07, 6.45) is 0.700. The Hall–Kier alpha value is -1.60. The molecule has 1 aromatic carbocycles. The van der Waals surface area contributed by atoms with Crippen molar-refractivity contribution < 1.29 is 23.0 Å². The molecular weight excluding hydrogens is 438 g/mol. The lowest BCUT2D eigenvalue weighted by Gasteiger charge is -2.51. The van der Waals surface area contributed by atoms with Crippen LogP contribution >= 0.6 is 11.6 Å². The minimum Gasteiger partial charge on any atom is -0.395 e. The minimum absolute atomic E-state index is 0.00137. The number of hydrogen-bond acceptors (Lipinski definition) is 4. The first-order valence-corrected chi connectivity index (χ1v) is 12.1. The van der Waals surface area contributed by atoms with Crippen molar-refractivity contribution in [3.05, 3.63) is 23.8 Å². The second kappa shape index (κ2) is 8.32. The van der Waals surface area contributed by atoms with E-state index in [2.05, 4.69) is 47.4 Å². The third kappa shape index (κ3) is 4.30. The van der Waals surface area contributed by atoms with Gasteiger partial charge in [0.1, 0.15) is 0 Å². The van der Waals surface area contributed by atoms with E-state index >= 15 is 0 Å². The molecule has 5 nitrogen and oxygen atoms in total. The molecule has 32 heavy (non-hydrogen) atoms. The average Bonchev–Trinajstić information content (AvgIpc) is 3.41. The fraction of sp³-hybridized carbons (Fsp3) is 0.708. The fourth-order valence-electron chi connectivity index (χ4n) is 5.37. The van der Waals surface area contributed by atoms with Crippen molar-refractivity contribution in [1.82, 2.24) is 10.2 Å². The highest BCUT2D eigenvalue weighted by atomic mass is 35.5. The first kappa shape index (κ1) is 23.6. The summed E-state index contributed by atoms with van der Waals surface area (Å²) in [5.74, 6) is 0.499. The fourth-order valence-corrected chi connectivity index (χ4v) is 5.56. The number of benzene rings is 1. The molecule has 8 heteroatoms. The van der Waals surface area contributed by atoms with Gasteiger partial charge in [-0.3, -0.25) is 9.69 Å². The quantitative estimate of drug-likeness (QED) is 0.540. The Kier molecular flexibility index (Phi) is 6.12. The number of halogens is 3. The van der Waals surface area contributed by atoms with Gasteiger partial charge in [0, 0.05) is 30.6 Å². The van der Waals surface area contributed by atoms with Crippen molar-refractivity contribution >= 4 is 17.5 Å². The second-order valence-corrected chi connectivity index (χ2v) is 10.7. The van der Waals surface area contributed by atoms with Crippen molar-refractivity contribution in [2.45, 2.75) is 89.6 Å².